The molecule has 1 N–H and O–H groups in total. The summed E-state index contributed by atoms with van der Waals surface area (Å²) in [5.74, 6) is -1.65. The molecule has 0 bridgehead atoms. The summed E-state index contributed by atoms with van der Waals surface area (Å²) in [7, 11) is 0. The van der Waals surface area contributed by atoms with Crippen LogP contribution < -0.4 is 5.56 Å². The second kappa shape index (κ2) is 12.2. The van der Waals surface area contributed by atoms with E-state index in [2.05, 4.69) is 23.7 Å². The first-order chi connectivity index (χ1) is 18.8. The lowest BCUT2D eigenvalue weighted by atomic mass is 9.94. The van der Waals surface area contributed by atoms with Crippen LogP contribution in [0, 0.1) is 5.92 Å². The van der Waals surface area contributed by atoms with Crippen molar-refractivity contribution in [1.82, 2.24) is 19.4 Å². The van der Waals surface area contributed by atoms with Crippen molar-refractivity contribution in [3.8, 4) is 0 Å². The number of carbonyl (C=O) groups is 2. The van der Waals surface area contributed by atoms with Crippen molar-refractivity contribution >= 4 is 22.9 Å². The maximum atomic E-state index is 13.9. The van der Waals surface area contributed by atoms with E-state index in [4.69, 9.17) is 0 Å². The normalized spacial score (nSPS) is 24.9. The summed E-state index contributed by atoms with van der Waals surface area (Å²) in [6, 6.07) is 9.12. The van der Waals surface area contributed by atoms with E-state index in [9.17, 15) is 19.5 Å². The first kappa shape index (κ1) is 27.8. The van der Waals surface area contributed by atoms with Crippen LogP contribution in [0.4, 0.5) is 0 Å². The van der Waals surface area contributed by atoms with Crippen molar-refractivity contribution in [2.45, 2.75) is 115 Å². The van der Waals surface area contributed by atoms with Crippen LogP contribution >= 0.6 is 0 Å². The molecule has 2 saturated heterocycles. The van der Waals surface area contributed by atoms with E-state index in [1.54, 1.807) is 9.47 Å². The molecular formula is C31H44N4O4. The third-order valence-corrected chi connectivity index (χ3v) is 9.53. The van der Waals surface area contributed by atoms with Gasteiger partial charge in [0.25, 0.3) is 11.5 Å². The Hall–Kier alpha value is -2.74. The molecule has 2 aromatic rings. The van der Waals surface area contributed by atoms with Crippen molar-refractivity contribution in [1.29, 1.82) is 0 Å². The number of nitrogens with zero attached hydrogens (tertiary/aromatic N) is 4. The molecule has 0 spiro atoms. The first-order valence-electron chi connectivity index (χ1n) is 15.2. The van der Waals surface area contributed by atoms with Gasteiger partial charge in [0, 0.05) is 37.3 Å². The van der Waals surface area contributed by atoms with Gasteiger partial charge in [-0.05, 0) is 70.9 Å². The third-order valence-electron chi connectivity index (χ3n) is 9.53. The zero-order valence-corrected chi connectivity index (χ0v) is 23.6. The molecule has 3 heterocycles. The van der Waals surface area contributed by atoms with Crippen LogP contribution in [0.2, 0.25) is 0 Å². The van der Waals surface area contributed by atoms with E-state index < -0.39 is 11.9 Å². The Bertz CT molecular complexity index is 1230. The summed E-state index contributed by atoms with van der Waals surface area (Å²) < 4.78 is 1.80. The van der Waals surface area contributed by atoms with Gasteiger partial charge in [-0.1, -0.05) is 44.2 Å². The number of likely N-dealkylation sites (tertiary alicyclic amines) is 2. The van der Waals surface area contributed by atoms with Gasteiger partial charge < -0.3 is 14.6 Å². The molecule has 8 nitrogen and oxygen atoms in total. The molecule has 2 aliphatic heterocycles. The summed E-state index contributed by atoms with van der Waals surface area (Å²) in [6.07, 6.45) is 13.2. The molecule has 39 heavy (non-hydrogen) atoms. The van der Waals surface area contributed by atoms with Crippen molar-refractivity contribution in [3.05, 3.63) is 40.3 Å². The van der Waals surface area contributed by atoms with Crippen LogP contribution in [0.15, 0.2) is 29.1 Å². The van der Waals surface area contributed by atoms with E-state index >= 15 is 0 Å². The molecule has 1 saturated carbocycles. The fraction of sp³-hybridized carbons (Fsp3) is 0.677. The number of carbonyl (C=O) groups excluding carboxylic acids is 1. The van der Waals surface area contributed by atoms with Crippen LogP contribution in [-0.2, 0) is 4.79 Å². The average molecular weight is 537 g/mol. The van der Waals surface area contributed by atoms with Crippen LogP contribution in [0.1, 0.15) is 107 Å². The zero-order valence-electron chi connectivity index (χ0n) is 23.6. The Morgan fingerprint density at radius 1 is 0.974 bits per heavy atom. The molecule has 5 rings (SSSR count). The molecular weight excluding hydrogens is 492 g/mol. The van der Waals surface area contributed by atoms with Gasteiger partial charge in [-0.2, -0.15) is 0 Å². The predicted octanol–water partition coefficient (Wildman–Crippen LogP) is 5.25. The van der Waals surface area contributed by atoms with Gasteiger partial charge in [-0.3, -0.25) is 19.3 Å². The summed E-state index contributed by atoms with van der Waals surface area (Å²) in [5.41, 5.74) is 1.02. The van der Waals surface area contributed by atoms with Gasteiger partial charge in [0.1, 0.15) is 0 Å². The SMILES string of the molecule is CC1CCC(CC(C)n2c(=O)c(C(=O)N3CCC(C(=O)O)CC3)nc3ccccc32)N1C1CCCCCCC1. The van der Waals surface area contributed by atoms with Crippen LogP contribution in [-0.4, -0.2) is 67.5 Å². The number of aromatic nitrogens is 2. The fourth-order valence-corrected chi connectivity index (χ4v) is 7.43. The van der Waals surface area contributed by atoms with Crippen LogP contribution in [0.3, 0.4) is 0 Å². The summed E-state index contributed by atoms with van der Waals surface area (Å²) >= 11 is 0. The monoisotopic (exact) mass is 536 g/mol. The molecule has 1 aromatic carbocycles. The van der Waals surface area contributed by atoms with Gasteiger partial charge in [-0.15, -0.1) is 0 Å². The Kier molecular flexibility index (Phi) is 8.70. The highest BCUT2D eigenvalue weighted by Crippen LogP contribution is 2.36. The number of carboxylic acids is 1. The van der Waals surface area contributed by atoms with Gasteiger partial charge in [0.15, 0.2) is 5.69 Å². The molecule has 3 fully saturated rings. The molecule has 212 valence electrons. The quantitative estimate of drug-likeness (QED) is 0.542. The van der Waals surface area contributed by atoms with E-state index in [1.165, 1.54) is 51.4 Å². The molecule has 3 unspecified atom stereocenters. The number of piperidine rings is 1. The predicted molar refractivity (Wildman–Crippen MR) is 152 cm³/mol. The van der Waals surface area contributed by atoms with Crippen LogP contribution in [0.5, 0.6) is 0 Å². The van der Waals surface area contributed by atoms with E-state index in [1.807, 2.05) is 24.3 Å². The largest absolute Gasteiger partial charge is 0.481 e. The number of para-hydroxylation sites is 2. The summed E-state index contributed by atoms with van der Waals surface area (Å²) in [4.78, 5) is 47.7. The molecule has 0 radical (unpaired) electrons. The summed E-state index contributed by atoms with van der Waals surface area (Å²) in [5, 5.41) is 9.33. The molecule has 8 heteroatoms. The fourth-order valence-electron chi connectivity index (χ4n) is 7.43. The standard InChI is InChI=1S/C31H44N4O4/c1-21-14-15-25(34(21)24-10-6-4-3-5-7-11-24)20-22(2)35-27-13-9-8-12-26(27)32-28(30(35)37)29(36)33-18-16-23(17-19-33)31(38)39/h8-9,12-13,21-25H,3-7,10-11,14-20H2,1-2H3,(H,38,39). The third kappa shape index (κ3) is 5.91. The van der Waals surface area contributed by atoms with Gasteiger partial charge in [0.05, 0.1) is 17.0 Å². The van der Waals surface area contributed by atoms with Crippen molar-refractivity contribution < 1.29 is 14.7 Å². The number of hydrogen-bond donors (Lipinski definition) is 1. The highest BCUT2D eigenvalue weighted by Gasteiger charge is 2.37. The van der Waals surface area contributed by atoms with Gasteiger partial charge in [0.2, 0.25) is 0 Å². The lowest BCUT2D eigenvalue weighted by molar-refractivity contribution is -0.143. The number of amides is 1. The Balaban J connectivity index is 1.41. The Morgan fingerprint density at radius 3 is 2.33 bits per heavy atom. The number of benzene rings is 1. The second-order valence-corrected chi connectivity index (χ2v) is 12.1. The minimum absolute atomic E-state index is 0.0500. The zero-order chi connectivity index (χ0) is 27.5. The lowest BCUT2D eigenvalue weighted by Gasteiger charge is -2.38. The van der Waals surface area contributed by atoms with E-state index in [0.717, 1.165) is 18.4 Å². The maximum Gasteiger partial charge on any atom is 0.306 e. The molecule has 1 aromatic heterocycles. The molecule has 3 atom stereocenters. The lowest BCUT2D eigenvalue weighted by Crippen LogP contribution is -2.45. The topological polar surface area (TPSA) is 95.7 Å². The average Bonchev–Trinajstić information content (AvgIpc) is 3.27. The minimum atomic E-state index is -0.822. The van der Waals surface area contributed by atoms with E-state index in [-0.39, 0.29) is 23.2 Å². The number of rotatable bonds is 6. The highest BCUT2D eigenvalue weighted by atomic mass is 16.4. The van der Waals surface area contributed by atoms with E-state index in [0.29, 0.717) is 49.6 Å². The number of carboxylic acid groups (broad SMARTS) is 1. The van der Waals surface area contributed by atoms with Gasteiger partial charge in [-0.25, -0.2) is 4.98 Å². The Labute approximate surface area is 231 Å². The van der Waals surface area contributed by atoms with Crippen molar-refractivity contribution in [2.75, 3.05) is 13.1 Å². The van der Waals surface area contributed by atoms with Crippen molar-refractivity contribution in [2.24, 2.45) is 5.92 Å². The Morgan fingerprint density at radius 2 is 1.64 bits per heavy atom. The second-order valence-electron chi connectivity index (χ2n) is 12.1. The van der Waals surface area contributed by atoms with Gasteiger partial charge >= 0.3 is 5.97 Å². The number of aliphatic carboxylic acids is 1. The molecule has 3 aliphatic rings. The van der Waals surface area contributed by atoms with Crippen LogP contribution in [0.25, 0.3) is 11.0 Å². The minimum Gasteiger partial charge on any atom is -0.481 e. The maximum absolute atomic E-state index is 13.9. The van der Waals surface area contributed by atoms with Crippen molar-refractivity contribution in [3.63, 3.8) is 0 Å². The smallest absolute Gasteiger partial charge is 0.306 e. The first-order valence-corrected chi connectivity index (χ1v) is 15.2. The number of hydrogen-bond acceptors (Lipinski definition) is 5. The number of fused-ring (bicyclic) bond motifs is 1. The highest BCUT2D eigenvalue weighted by molar-refractivity contribution is 5.94. The summed E-state index contributed by atoms with van der Waals surface area (Å²) in [6.45, 7) is 5.13. The molecule has 1 aliphatic carbocycles. The molecule has 1 amide bonds.